The van der Waals surface area contributed by atoms with E-state index < -0.39 is 4.33 Å². The van der Waals surface area contributed by atoms with Crippen LogP contribution in [0.1, 0.15) is 13.3 Å². The van der Waals surface area contributed by atoms with Gasteiger partial charge in [0, 0.05) is 18.5 Å². The molecule has 0 aliphatic heterocycles. The lowest BCUT2D eigenvalue weighted by atomic mass is 10.3. The summed E-state index contributed by atoms with van der Waals surface area (Å²) in [5.41, 5.74) is 0. The van der Waals surface area contributed by atoms with Gasteiger partial charge in [-0.1, -0.05) is 0 Å². The van der Waals surface area contributed by atoms with Crippen LogP contribution >= 0.6 is 23.2 Å². The molecular weight excluding hydrogens is 185 g/mol. The van der Waals surface area contributed by atoms with E-state index in [0.29, 0.717) is 5.92 Å². The number of aliphatic hydroxyl groups is 1. The molecule has 4 heteroatoms. The van der Waals surface area contributed by atoms with Gasteiger partial charge in [-0.3, -0.25) is 0 Å². The molecular formula is C7H13Cl2NO. The number of halogens is 2. The lowest BCUT2D eigenvalue weighted by Gasteiger charge is -2.09. The summed E-state index contributed by atoms with van der Waals surface area (Å²) in [4.78, 5) is 0. The molecule has 1 saturated carbocycles. The van der Waals surface area contributed by atoms with Gasteiger partial charge >= 0.3 is 0 Å². The highest BCUT2D eigenvalue weighted by Crippen LogP contribution is 2.52. The van der Waals surface area contributed by atoms with Crippen molar-refractivity contribution < 1.29 is 5.11 Å². The Kier molecular flexibility index (Phi) is 3.03. The molecule has 0 heterocycles. The van der Waals surface area contributed by atoms with Gasteiger partial charge in [-0.2, -0.15) is 0 Å². The molecule has 0 spiro atoms. The van der Waals surface area contributed by atoms with E-state index in [9.17, 15) is 0 Å². The van der Waals surface area contributed by atoms with Crippen molar-refractivity contribution in [2.75, 3.05) is 13.2 Å². The average molecular weight is 198 g/mol. The molecule has 2 unspecified atom stereocenters. The van der Waals surface area contributed by atoms with Gasteiger partial charge in [-0.15, -0.1) is 23.2 Å². The predicted octanol–water partition coefficient (Wildman–Crippen LogP) is 1.15. The molecule has 1 aliphatic rings. The van der Waals surface area contributed by atoms with E-state index in [1.807, 2.05) is 6.92 Å². The minimum Gasteiger partial charge on any atom is -0.395 e. The summed E-state index contributed by atoms with van der Waals surface area (Å²) in [6.45, 7) is 2.88. The van der Waals surface area contributed by atoms with Crippen LogP contribution in [0.25, 0.3) is 0 Å². The van der Waals surface area contributed by atoms with E-state index >= 15 is 0 Å². The molecule has 2 nitrogen and oxygen atoms in total. The van der Waals surface area contributed by atoms with Gasteiger partial charge < -0.3 is 10.4 Å². The third-order valence-electron chi connectivity index (χ3n) is 1.94. The first-order chi connectivity index (χ1) is 5.06. The monoisotopic (exact) mass is 197 g/mol. The van der Waals surface area contributed by atoms with Crippen LogP contribution in [0.15, 0.2) is 0 Å². The van der Waals surface area contributed by atoms with Crippen molar-refractivity contribution in [3.63, 3.8) is 0 Å². The molecule has 1 fully saturated rings. The second kappa shape index (κ2) is 3.48. The van der Waals surface area contributed by atoms with E-state index in [0.717, 1.165) is 13.0 Å². The van der Waals surface area contributed by atoms with Crippen molar-refractivity contribution in [3.8, 4) is 0 Å². The maximum Gasteiger partial charge on any atom is 0.122 e. The zero-order chi connectivity index (χ0) is 8.48. The predicted molar refractivity (Wildman–Crippen MR) is 47.1 cm³/mol. The summed E-state index contributed by atoms with van der Waals surface area (Å²) in [6.07, 6.45) is 0.862. The van der Waals surface area contributed by atoms with Crippen molar-refractivity contribution in [3.05, 3.63) is 0 Å². The Balaban J connectivity index is 2.06. The van der Waals surface area contributed by atoms with Crippen LogP contribution in [-0.2, 0) is 0 Å². The normalized spacial score (nSPS) is 30.0. The summed E-state index contributed by atoms with van der Waals surface area (Å²) >= 11 is 11.6. The molecule has 2 N–H and O–H groups in total. The van der Waals surface area contributed by atoms with Crippen LogP contribution in [0, 0.1) is 5.92 Å². The second-order valence-electron chi connectivity index (χ2n) is 3.15. The van der Waals surface area contributed by atoms with Crippen LogP contribution < -0.4 is 5.32 Å². The number of rotatable bonds is 4. The summed E-state index contributed by atoms with van der Waals surface area (Å²) in [7, 11) is 0. The Bertz CT molecular complexity index is 140. The van der Waals surface area contributed by atoms with Crippen LogP contribution in [0.4, 0.5) is 0 Å². The zero-order valence-electron chi connectivity index (χ0n) is 6.48. The lowest BCUT2D eigenvalue weighted by Crippen LogP contribution is -2.31. The fraction of sp³-hybridized carbons (Fsp3) is 1.00. The Morgan fingerprint density at radius 2 is 2.27 bits per heavy atom. The Hall–Kier alpha value is 0.500. The van der Waals surface area contributed by atoms with Gasteiger partial charge in [0.05, 0.1) is 6.61 Å². The molecule has 0 amide bonds. The number of alkyl halides is 2. The maximum absolute atomic E-state index is 8.67. The third kappa shape index (κ3) is 2.79. The highest BCUT2D eigenvalue weighted by molar-refractivity contribution is 6.50. The fourth-order valence-electron chi connectivity index (χ4n) is 0.899. The molecule has 0 bridgehead atoms. The molecule has 0 aromatic carbocycles. The average Bonchev–Trinajstić information content (AvgIpc) is 2.54. The standard InChI is InChI=1S/C7H13Cl2NO/c1-5(4-11)10-3-6-2-7(6,8)9/h5-6,10-11H,2-4H2,1H3. The minimum atomic E-state index is -0.498. The number of hydrogen-bond donors (Lipinski definition) is 2. The van der Waals surface area contributed by atoms with Crippen LogP contribution in [0.5, 0.6) is 0 Å². The largest absolute Gasteiger partial charge is 0.395 e. The lowest BCUT2D eigenvalue weighted by molar-refractivity contribution is 0.250. The molecule has 2 atom stereocenters. The second-order valence-corrected chi connectivity index (χ2v) is 4.70. The molecule has 11 heavy (non-hydrogen) atoms. The zero-order valence-corrected chi connectivity index (χ0v) is 7.99. The number of aliphatic hydroxyl groups excluding tert-OH is 1. The highest BCUT2D eigenvalue weighted by atomic mass is 35.5. The van der Waals surface area contributed by atoms with Gasteiger partial charge in [-0.25, -0.2) is 0 Å². The van der Waals surface area contributed by atoms with Gasteiger partial charge in [0.15, 0.2) is 0 Å². The molecule has 0 aromatic rings. The van der Waals surface area contributed by atoms with E-state index in [2.05, 4.69) is 5.32 Å². The smallest absolute Gasteiger partial charge is 0.122 e. The highest BCUT2D eigenvalue weighted by Gasteiger charge is 2.51. The van der Waals surface area contributed by atoms with E-state index in [1.165, 1.54) is 0 Å². The molecule has 0 saturated heterocycles. The first-order valence-electron chi connectivity index (χ1n) is 3.78. The van der Waals surface area contributed by atoms with Crippen molar-refractivity contribution in [2.45, 2.75) is 23.7 Å². The van der Waals surface area contributed by atoms with Gasteiger partial charge in [-0.05, 0) is 13.3 Å². The van der Waals surface area contributed by atoms with Crippen molar-refractivity contribution >= 4 is 23.2 Å². The Morgan fingerprint density at radius 1 is 1.73 bits per heavy atom. The third-order valence-corrected chi connectivity index (χ3v) is 2.87. The summed E-state index contributed by atoms with van der Waals surface area (Å²) < 4.78 is -0.498. The van der Waals surface area contributed by atoms with Crippen LogP contribution in [-0.4, -0.2) is 28.6 Å². The first kappa shape index (κ1) is 9.59. The molecule has 0 aromatic heterocycles. The topological polar surface area (TPSA) is 32.3 Å². The van der Waals surface area contributed by atoms with Crippen molar-refractivity contribution in [1.29, 1.82) is 0 Å². The van der Waals surface area contributed by atoms with E-state index in [1.54, 1.807) is 0 Å². The maximum atomic E-state index is 8.67. The summed E-state index contributed by atoms with van der Waals surface area (Å²) in [5, 5.41) is 11.8. The Morgan fingerprint density at radius 3 is 2.64 bits per heavy atom. The first-order valence-corrected chi connectivity index (χ1v) is 4.54. The molecule has 66 valence electrons. The molecule has 1 aliphatic carbocycles. The summed E-state index contributed by atoms with van der Waals surface area (Å²) in [6, 6.07) is 0.139. The Labute approximate surface area is 76.9 Å². The molecule has 1 rings (SSSR count). The quantitative estimate of drug-likeness (QED) is 0.664. The van der Waals surface area contributed by atoms with E-state index in [-0.39, 0.29) is 12.6 Å². The fourth-order valence-corrected chi connectivity index (χ4v) is 1.43. The SMILES string of the molecule is CC(CO)NCC1CC1(Cl)Cl. The van der Waals surface area contributed by atoms with Gasteiger partial charge in [0.1, 0.15) is 4.33 Å². The minimum absolute atomic E-state index is 0.139. The van der Waals surface area contributed by atoms with Crippen LogP contribution in [0.3, 0.4) is 0 Å². The number of hydrogen-bond acceptors (Lipinski definition) is 2. The van der Waals surface area contributed by atoms with Crippen molar-refractivity contribution in [1.82, 2.24) is 5.32 Å². The van der Waals surface area contributed by atoms with Crippen molar-refractivity contribution in [2.24, 2.45) is 5.92 Å². The van der Waals surface area contributed by atoms with Crippen LogP contribution in [0.2, 0.25) is 0 Å². The number of nitrogens with one attached hydrogen (secondary N) is 1. The molecule has 0 radical (unpaired) electrons. The van der Waals surface area contributed by atoms with E-state index in [4.69, 9.17) is 28.3 Å². The van der Waals surface area contributed by atoms with Gasteiger partial charge in [0.25, 0.3) is 0 Å². The van der Waals surface area contributed by atoms with Gasteiger partial charge in [0.2, 0.25) is 0 Å². The summed E-state index contributed by atoms with van der Waals surface area (Å²) in [5.74, 6) is 0.361.